The Kier molecular flexibility index (Phi) is 5.18. The van der Waals surface area contributed by atoms with Crippen LogP contribution in [-0.2, 0) is 11.2 Å². The molecule has 0 heterocycles. The molecule has 0 aliphatic rings. The molecule has 0 aliphatic heterocycles. The fourth-order valence-electron chi connectivity index (χ4n) is 1.74. The van der Waals surface area contributed by atoms with Gasteiger partial charge in [0.25, 0.3) is 0 Å². The number of hydrogen-bond donors (Lipinski definition) is 1. The van der Waals surface area contributed by atoms with Crippen molar-refractivity contribution in [3.8, 4) is 6.07 Å². The quantitative estimate of drug-likeness (QED) is 0.889. The van der Waals surface area contributed by atoms with Crippen LogP contribution in [0.2, 0.25) is 5.02 Å². The first kappa shape index (κ1) is 14.5. The fraction of sp³-hybridized carbons (Fsp3) is 0.429. The smallest absolute Gasteiger partial charge is 0.225 e. The molecule has 1 aromatic rings. The Morgan fingerprint density at radius 2 is 2.00 bits per heavy atom. The number of amides is 1. The SMILES string of the molecule is CCC(C#N)(CC)NC(=O)Cc1ccccc1Cl. The number of nitrogens with one attached hydrogen (secondary N) is 1. The van der Waals surface area contributed by atoms with Crippen LogP contribution in [0.4, 0.5) is 0 Å². The van der Waals surface area contributed by atoms with E-state index in [1.54, 1.807) is 6.07 Å². The summed E-state index contributed by atoms with van der Waals surface area (Å²) >= 11 is 6.00. The van der Waals surface area contributed by atoms with Crippen molar-refractivity contribution in [1.82, 2.24) is 5.32 Å². The van der Waals surface area contributed by atoms with E-state index in [0.29, 0.717) is 17.9 Å². The summed E-state index contributed by atoms with van der Waals surface area (Å²) in [5.74, 6) is -0.173. The highest BCUT2D eigenvalue weighted by molar-refractivity contribution is 6.31. The maximum absolute atomic E-state index is 11.9. The van der Waals surface area contributed by atoms with Crippen LogP contribution in [0, 0.1) is 11.3 Å². The number of hydrogen-bond acceptors (Lipinski definition) is 2. The van der Waals surface area contributed by atoms with Crippen molar-refractivity contribution in [3.63, 3.8) is 0 Å². The molecule has 0 saturated heterocycles. The van der Waals surface area contributed by atoms with Gasteiger partial charge >= 0.3 is 0 Å². The second kappa shape index (κ2) is 6.42. The van der Waals surface area contributed by atoms with Gasteiger partial charge in [-0.25, -0.2) is 0 Å². The zero-order valence-electron chi connectivity index (χ0n) is 10.7. The van der Waals surface area contributed by atoms with Gasteiger partial charge in [-0.2, -0.15) is 5.26 Å². The van der Waals surface area contributed by atoms with Crippen molar-refractivity contribution in [3.05, 3.63) is 34.9 Å². The van der Waals surface area contributed by atoms with Gasteiger partial charge in [-0.05, 0) is 24.5 Å². The standard InChI is InChI=1S/C14H17ClN2O/c1-3-14(4-2,10-16)17-13(18)9-11-7-5-6-8-12(11)15/h5-8H,3-4,9H2,1-2H3,(H,17,18). The number of rotatable bonds is 5. The highest BCUT2D eigenvalue weighted by Crippen LogP contribution is 2.17. The van der Waals surface area contributed by atoms with Crippen molar-refractivity contribution in [2.24, 2.45) is 0 Å². The molecule has 1 rings (SSSR count). The van der Waals surface area contributed by atoms with Crippen LogP contribution in [0.15, 0.2) is 24.3 Å². The van der Waals surface area contributed by atoms with Gasteiger partial charge in [-0.1, -0.05) is 43.6 Å². The van der Waals surface area contributed by atoms with Crippen LogP contribution in [0.25, 0.3) is 0 Å². The Morgan fingerprint density at radius 1 is 1.39 bits per heavy atom. The van der Waals surface area contributed by atoms with E-state index in [9.17, 15) is 4.79 Å². The first-order chi connectivity index (χ1) is 8.56. The van der Waals surface area contributed by atoms with Crippen LogP contribution >= 0.6 is 11.6 Å². The third kappa shape index (κ3) is 3.48. The third-order valence-electron chi connectivity index (χ3n) is 3.11. The average Bonchev–Trinajstić information content (AvgIpc) is 2.39. The van der Waals surface area contributed by atoms with Gasteiger partial charge in [0, 0.05) is 5.02 Å². The minimum Gasteiger partial charge on any atom is -0.338 e. The van der Waals surface area contributed by atoms with Crippen LogP contribution in [0.3, 0.4) is 0 Å². The molecule has 0 bridgehead atoms. The molecule has 0 spiro atoms. The largest absolute Gasteiger partial charge is 0.338 e. The molecule has 0 aromatic heterocycles. The molecule has 0 unspecified atom stereocenters. The number of carbonyl (C=O) groups excluding carboxylic acids is 1. The summed E-state index contributed by atoms with van der Waals surface area (Å²) in [7, 11) is 0. The first-order valence-corrected chi connectivity index (χ1v) is 6.40. The third-order valence-corrected chi connectivity index (χ3v) is 3.48. The monoisotopic (exact) mass is 264 g/mol. The zero-order valence-corrected chi connectivity index (χ0v) is 11.4. The summed E-state index contributed by atoms with van der Waals surface area (Å²) in [6, 6.07) is 9.41. The Balaban J connectivity index is 2.74. The summed E-state index contributed by atoms with van der Waals surface area (Å²) in [4.78, 5) is 11.9. The summed E-state index contributed by atoms with van der Waals surface area (Å²) in [6.45, 7) is 3.78. The van der Waals surface area contributed by atoms with Gasteiger partial charge in [-0.15, -0.1) is 0 Å². The second-order valence-electron chi connectivity index (χ2n) is 4.22. The van der Waals surface area contributed by atoms with Crippen LogP contribution in [0.5, 0.6) is 0 Å². The maximum Gasteiger partial charge on any atom is 0.225 e. The lowest BCUT2D eigenvalue weighted by atomic mass is 9.94. The summed E-state index contributed by atoms with van der Waals surface area (Å²) in [5, 5.41) is 12.5. The molecule has 1 amide bonds. The highest BCUT2D eigenvalue weighted by Gasteiger charge is 2.27. The highest BCUT2D eigenvalue weighted by atomic mass is 35.5. The summed E-state index contributed by atoms with van der Waals surface area (Å²) in [6.07, 6.45) is 1.38. The lowest BCUT2D eigenvalue weighted by molar-refractivity contribution is -0.121. The van der Waals surface area contributed by atoms with Gasteiger partial charge in [0.2, 0.25) is 5.91 Å². The maximum atomic E-state index is 11.9. The van der Waals surface area contributed by atoms with E-state index in [1.165, 1.54) is 0 Å². The molecule has 3 nitrogen and oxygen atoms in total. The topological polar surface area (TPSA) is 52.9 Å². The average molecular weight is 265 g/mol. The van der Waals surface area contributed by atoms with Gasteiger partial charge < -0.3 is 5.32 Å². The lowest BCUT2D eigenvalue weighted by Crippen LogP contribution is -2.47. The number of nitrogens with zero attached hydrogens (tertiary/aromatic N) is 1. The van der Waals surface area contributed by atoms with Crippen molar-refractivity contribution >= 4 is 17.5 Å². The number of carbonyl (C=O) groups is 1. The minimum atomic E-state index is -0.766. The van der Waals surface area contributed by atoms with Crippen molar-refractivity contribution in [1.29, 1.82) is 5.26 Å². The molecule has 0 radical (unpaired) electrons. The first-order valence-electron chi connectivity index (χ1n) is 6.02. The summed E-state index contributed by atoms with van der Waals surface area (Å²) in [5.41, 5.74) is 0.00827. The van der Waals surface area contributed by atoms with E-state index in [-0.39, 0.29) is 12.3 Å². The Hall–Kier alpha value is -1.53. The number of benzene rings is 1. The van der Waals surface area contributed by atoms with Gasteiger partial charge in [0.15, 0.2) is 0 Å². The molecule has 0 fully saturated rings. The van der Waals surface area contributed by atoms with Gasteiger partial charge in [0.05, 0.1) is 12.5 Å². The normalized spacial score (nSPS) is 10.8. The zero-order chi connectivity index (χ0) is 13.6. The van der Waals surface area contributed by atoms with Crippen LogP contribution in [-0.4, -0.2) is 11.4 Å². The molecule has 1 aromatic carbocycles. The number of nitriles is 1. The van der Waals surface area contributed by atoms with E-state index in [1.807, 2.05) is 32.0 Å². The van der Waals surface area contributed by atoms with Crippen molar-refractivity contribution in [2.45, 2.75) is 38.6 Å². The predicted molar refractivity (Wildman–Crippen MR) is 72.2 cm³/mol. The molecule has 96 valence electrons. The molecular formula is C14H17ClN2O. The Bertz CT molecular complexity index is 461. The van der Waals surface area contributed by atoms with Crippen molar-refractivity contribution in [2.75, 3.05) is 0 Å². The molecule has 18 heavy (non-hydrogen) atoms. The van der Waals surface area contributed by atoms with Crippen LogP contribution < -0.4 is 5.32 Å². The van der Waals surface area contributed by atoms with Crippen molar-refractivity contribution < 1.29 is 4.79 Å². The summed E-state index contributed by atoms with van der Waals surface area (Å²) < 4.78 is 0. The van der Waals surface area contributed by atoms with Gasteiger partial charge in [0.1, 0.15) is 5.54 Å². The molecule has 1 N–H and O–H groups in total. The van der Waals surface area contributed by atoms with E-state index < -0.39 is 5.54 Å². The van der Waals surface area contributed by atoms with E-state index in [2.05, 4.69) is 11.4 Å². The minimum absolute atomic E-state index is 0.173. The Labute approximate surface area is 113 Å². The van der Waals surface area contributed by atoms with Gasteiger partial charge in [-0.3, -0.25) is 4.79 Å². The van der Waals surface area contributed by atoms with Crippen LogP contribution in [0.1, 0.15) is 32.3 Å². The molecular weight excluding hydrogens is 248 g/mol. The second-order valence-corrected chi connectivity index (χ2v) is 4.62. The Morgan fingerprint density at radius 3 is 2.50 bits per heavy atom. The lowest BCUT2D eigenvalue weighted by Gasteiger charge is -2.25. The van der Waals surface area contributed by atoms with E-state index in [4.69, 9.17) is 16.9 Å². The predicted octanol–water partition coefficient (Wildman–Crippen LogP) is 3.08. The molecule has 0 atom stereocenters. The van der Waals surface area contributed by atoms with E-state index in [0.717, 1.165) is 5.56 Å². The molecule has 0 aliphatic carbocycles. The van der Waals surface area contributed by atoms with E-state index >= 15 is 0 Å². The fourth-order valence-corrected chi connectivity index (χ4v) is 1.94. The number of halogens is 1. The molecule has 4 heteroatoms. The molecule has 0 saturated carbocycles.